The van der Waals surface area contributed by atoms with Crippen molar-refractivity contribution in [3.63, 3.8) is 0 Å². The van der Waals surface area contributed by atoms with E-state index in [0.29, 0.717) is 16.5 Å². The molecule has 110 valence electrons. The van der Waals surface area contributed by atoms with E-state index < -0.39 is 5.97 Å². The van der Waals surface area contributed by atoms with E-state index in [2.05, 4.69) is 13.8 Å². The third-order valence-electron chi connectivity index (χ3n) is 4.33. The van der Waals surface area contributed by atoms with Gasteiger partial charge in [-0.2, -0.15) is 0 Å². The Hall–Kier alpha value is -0.730. The maximum atomic E-state index is 11.5. The first-order valence-electron chi connectivity index (χ1n) is 6.95. The summed E-state index contributed by atoms with van der Waals surface area (Å²) in [6, 6.07) is 5.44. The standard InChI is InChI=1S/C16H20Cl2O2/c1-16(2)6-5-13(15(19)20)11(9-16)7-10-3-4-12(17)8-14(10)18/h3-4,8,11,13H,5-7,9H2,1-2H3,(H,19,20). The SMILES string of the molecule is CC1(C)CCC(C(=O)O)C(Cc2ccc(Cl)cc2Cl)C1. The fourth-order valence-corrected chi connectivity index (χ4v) is 3.73. The zero-order valence-corrected chi connectivity index (χ0v) is 13.3. The van der Waals surface area contributed by atoms with Crippen LogP contribution in [0.4, 0.5) is 0 Å². The van der Waals surface area contributed by atoms with Crippen LogP contribution >= 0.6 is 23.2 Å². The lowest BCUT2D eigenvalue weighted by Crippen LogP contribution is -2.35. The quantitative estimate of drug-likeness (QED) is 0.846. The molecule has 1 fully saturated rings. The Bertz CT molecular complexity index is 511. The molecule has 1 aliphatic carbocycles. The number of carboxylic acid groups (broad SMARTS) is 1. The fourth-order valence-electron chi connectivity index (χ4n) is 3.25. The summed E-state index contributed by atoms with van der Waals surface area (Å²) in [7, 11) is 0. The Kier molecular flexibility index (Phi) is 4.66. The molecule has 2 rings (SSSR count). The molecular weight excluding hydrogens is 295 g/mol. The van der Waals surface area contributed by atoms with E-state index in [1.165, 1.54) is 0 Å². The highest BCUT2D eigenvalue weighted by atomic mass is 35.5. The first-order valence-corrected chi connectivity index (χ1v) is 7.71. The second-order valence-electron chi connectivity index (χ2n) is 6.55. The molecule has 1 aromatic carbocycles. The number of benzene rings is 1. The molecule has 0 radical (unpaired) electrons. The molecule has 2 nitrogen and oxygen atoms in total. The number of aliphatic carboxylic acids is 1. The molecule has 0 heterocycles. The molecule has 0 aromatic heterocycles. The zero-order valence-electron chi connectivity index (χ0n) is 11.8. The van der Waals surface area contributed by atoms with E-state index >= 15 is 0 Å². The van der Waals surface area contributed by atoms with Gasteiger partial charge in [-0.25, -0.2) is 0 Å². The van der Waals surface area contributed by atoms with E-state index in [1.54, 1.807) is 6.07 Å². The minimum atomic E-state index is -0.685. The van der Waals surface area contributed by atoms with Crippen molar-refractivity contribution in [2.45, 2.75) is 39.5 Å². The van der Waals surface area contributed by atoms with Crippen LogP contribution in [0.2, 0.25) is 10.0 Å². The highest BCUT2D eigenvalue weighted by molar-refractivity contribution is 6.35. The van der Waals surface area contributed by atoms with E-state index in [-0.39, 0.29) is 17.3 Å². The summed E-state index contributed by atoms with van der Waals surface area (Å²) in [5.41, 5.74) is 1.19. The molecule has 1 N–H and O–H groups in total. The molecule has 4 heteroatoms. The van der Waals surface area contributed by atoms with Gasteiger partial charge in [-0.1, -0.05) is 43.1 Å². The predicted molar refractivity (Wildman–Crippen MR) is 82.4 cm³/mol. The van der Waals surface area contributed by atoms with Crippen molar-refractivity contribution in [2.24, 2.45) is 17.3 Å². The van der Waals surface area contributed by atoms with Crippen LogP contribution in [0, 0.1) is 17.3 Å². The van der Waals surface area contributed by atoms with Crippen molar-refractivity contribution < 1.29 is 9.90 Å². The third-order valence-corrected chi connectivity index (χ3v) is 4.92. The predicted octanol–water partition coefficient (Wildman–Crippen LogP) is 5.06. The second-order valence-corrected chi connectivity index (χ2v) is 7.40. The lowest BCUT2D eigenvalue weighted by Gasteiger charge is -2.39. The van der Waals surface area contributed by atoms with Crippen LogP contribution in [0.1, 0.15) is 38.7 Å². The van der Waals surface area contributed by atoms with Crippen LogP contribution in [-0.4, -0.2) is 11.1 Å². The molecule has 1 aliphatic rings. The van der Waals surface area contributed by atoms with E-state index in [4.69, 9.17) is 23.2 Å². The van der Waals surface area contributed by atoms with Crippen molar-refractivity contribution in [3.05, 3.63) is 33.8 Å². The first kappa shape index (κ1) is 15.7. The molecular formula is C16H20Cl2O2. The molecule has 2 unspecified atom stereocenters. The summed E-state index contributed by atoms with van der Waals surface area (Å²) >= 11 is 12.1. The number of carbonyl (C=O) groups is 1. The van der Waals surface area contributed by atoms with Gasteiger partial charge in [0.25, 0.3) is 0 Å². The fraction of sp³-hybridized carbons (Fsp3) is 0.562. The molecule has 0 aliphatic heterocycles. The topological polar surface area (TPSA) is 37.3 Å². The number of hydrogen-bond acceptors (Lipinski definition) is 1. The second kappa shape index (κ2) is 5.95. The number of rotatable bonds is 3. The van der Waals surface area contributed by atoms with Gasteiger partial charge in [-0.05, 0) is 54.7 Å². The number of carboxylic acids is 1. The lowest BCUT2D eigenvalue weighted by atomic mass is 9.65. The highest BCUT2D eigenvalue weighted by Gasteiger charge is 2.38. The Morgan fingerprint density at radius 2 is 2.10 bits per heavy atom. The molecule has 0 bridgehead atoms. The van der Waals surface area contributed by atoms with Gasteiger partial charge in [-0.15, -0.1) is 0 Å². The Morgan fingerprint density at radius 3 is 2.70 bits per heavy atom. The third kappa shape index (κ3) is 3.67. The monoisotopic (exact) mass is 314 g/mol. The Balaban J connectivity index is 2.20. The lowest BCUT2D eigenvalue weighted by molar-refractivity contribution is -0.146. The van der Waals surface area contributed by atoms with Crippen molar-refractivity contribution in [3.8, 4) is 0 Å². The van der Waals surface area contributed by atoms with Gasteiger partial charge >= 0.3 is 5.97 Å². The van der Waals surface area contributed by atoms with Crippen LogP contribution in [0.5, 0.6) is 0 Å². The summed E-state index contributed by atoms with van der Waals surface area (Å²) in [5, 5.41) is 10.7. The van der Waals surface area contributed by atoms with Gasteiger partial charge in [0.15, 0.2) is 0 Å². The zero-order chi connectivity index (χ0) is 14.9. The molecule has 0 saturated heterocycles. The van der Waals surface area contributed by atoms with Crippen molar-refractivity contribution >= 4 is 29.2 Å². The van der Waals surface area contributed by atoms with Crippen molar-refractivity contribution in [1.29, 1.82) is 0 Å². The Labute approximate surface area is 130 Å². The van der Waals surface area contributed by atoms with E-state index in [0.717, 1.165) is 24.8 Å². The first-order chi connectivity index (χ1) is 9.28. The normalized spacial score (nSPS) is 25.4. The van der Waals surface area contributed by atoms with Gasteiger partial charge in [0, 0.05) is 10.0 Å². The summed E-state index contributed by atoms with van der Waals surface area (Å²) < 4.78 is 0. The molecule has 0 amide bonds. The summed E-state index contributed by atoms with van der Waals surface area (Å²) in [5.74, 6) is -0.819. The highest BCUT2D eigenvalue weighted by Crippen LogP contribution is 2.43. The largest absolute Gasteiger partial charge is 0.481 e. The maximum absolute atomic E-state index is 11.5. The van der Waals surface area contributed by atoms with Gasteiger partial charge in [0.2, 0.25) is 0 Å². The van der Waals surface area contributed by atoms with Crippen LogP contribution in [0.25, 0.3) is 0 Å². The minimum Gasteiger partial charge on any atom is -0.481 e. The average molecular weight is 315 g/mol. The van der Waals surface area contributed by atoms with Gasteiger partial charge in [-0.3, -0.25) is 4.79 Å². The van der Waals surface area contributed by atoms with Gasteiger partial charge in [0.1, 0.15) is 0 Å². The summed E-state index contributed by atoms with van der Waals surface area (Å²) in [6.07, 6.45) is 3.34. The summed E-state index contributed by atoms with van der Waals surface area (Å²) in [6.45, 7) is 4.42. The molecule has 2 atom stereocenters. The maximum Gasteiger partial charge on any atom is 0.306 e. The van der Waals surface area contributed by atoms with Crippen LogP contribution < -0.4 is 0 Å². The smallest absolute Gasteiger partial charge is 0.306 e. The van der Waals surface area contributed by atoms with Crippen molar-refractivity contribution in [2.75, 3.05) is 0 Å². The number of halogens is 2. The average Bonchev–Trinajstić information content (AvgIpc) is 2.31. The van der Waals surface area contributed by atoms with Crippen LogP contribution in [0.15, 0.2) is 18.2 Å². The van der Waals surface area contributed by atoms with E-state index in [9.17, 15) is 9.90 Å². The van der Waals surface area contributed by atoms with Crippen LogP contribution in [-0.2, 0) is 11.2 Å². The molecule has 20 heavy (non-hydrogen) atoms. The molecule has 0 spiro atoms. The molecule has 1 aromatic rings. The van der Waals surface area contributed by atoms with Gasteiger partial charge < -0.3 is 5.11 Å². The van der Waals surface area contributed by atoms with Gasteiger partial charge in [0.05, 0.1) is 5.92 Å². The van der Waals surface area contributed by atoms with E-state index in [1.807, 2.05) is 12.1 Å². The summed E-state index contributed by atoms with van der Waals surface area (Å²) in [4.78, 5) is 11.5. The minimum absolute atomic E-state index is 0.134. The van der Waals surface area contributed by atoms with Crippen LogP contribution in [0.3, 0.4) is 0 Å². The Morgan fingerprint density at radius 1 is 1.40 bits per heavy atom. The number of hydrogen-bond donors (Lipinski definition) is 1. The van der Waals surface area contributed by atoms with Crippen molar-refractivity contribution in [1.82, 2.24) is 0 Å². The molecule has 1 saturated carbocycles.